The minimum absolute atomic E-state index is 0.0707. The molecule has 1 amide bonds. The summed E-state index contributed by atoms with van der Waals surface area (Å²) in [7, 11) is 0. The first-order chi connectivity index (χ1) is 12.2. The zero-order chi connectivity index (χ0) is 19.1. The number of halogens is 4. The van der Waals surface area contributed by atoms with Crippen molar-refractivity contribution in [2.75, 3.05) is 5.32 Å². The van der Waals surface area contributed by atoms with Gasteiger partial charge < -0.3 is 10.4 Å². The van der Waals surface area contributed by atoms with Crippen molar-refractivity contribution in [2.45, 2.75) is 18.5 Å². The largest absolute Gasteiger partial charge is 0.481 e. The molecular formula is C18H13ClF3NO3. The van der Waals surface area contributed by atoms with E-state index >= 15 is 0 Å². The summed E-state index contributed by atoms with van der Waals surface area (Å²) >= 11 is 6.15. The number of hydrogen-bond donors (Lipinski definition) is 2. The summed E-state index contributed by atoms with van der Waals surface area (Å²) in [4.78, 5) is 24.1. The van der Waals surface area contributed by atoms with E-state index in [1.165, 1.54) is 0 Å². The van der Waals surface area contributed by atoms with Crippen molar-refractivity contribution in [2.24, 2.45) is 5.92 Å². The van der Waals surface area contributed by atoms with Gasteiger partial charge in [0.25, 0.3) is 0 Å². The lowest BCUT2D eigenvalue weighted by Gasteiger charge is -2.21. The Labute approximate surface area is 151 Å². The molecule has 136 valence electrons. The van der Waals surface area contributed by atoms with Crippen molar-refractivity contribution >= 4 is 29.2 Å². The Hall–Kier alpha value is -2.54. The van der Waals surface area contributed by atoms with E-state index in [4.69, 9.17) is 11.6 Å². The molecule has 2 aromatic rings. The van der Waals surface area contributed by atoms with Crippen LogP contribution in [0.4, 0.5) is 18.9 Å². The number of benzene rings is 2. The third-order valence-corrected chi connectivity index (χ3v) is 4.73. The van der Waals surface area contributed by atoms with Gasteiger partial charge >= 0.3 is 12.1 Å². The van der Waals surface area contributed by atoms with E-state index in [1.807, 2.05) is 0 Å². The maximum Gasteiger partial charge on any atom is 0.416 e. The van der Waals surface area contributed by atoms with Crippen LogP contribution in [0.15, 0.2) is 42.5 Å². The lowest BCUT2D eigenvalue weighted by molar-refractivity contribution is -0.146. The van der Waals surface area contributed by atoms with Gasteiger partial charge in [0.2, 0.25) is 5.91 Å². The molecule has 2 atom stereocenters. The second kappa shape index (κ2) is 6.64. The van der Waals surface area contributed by atoms with Crippen molar-refractivity contribution in [1.29, 1.82) is 0 Å². The van der Waals surface area contributed by atoms with Crippen LogP contribution in [0.5, 0.6) is 0 Å². The summed E-state index contributed by atoms with van der Waals surface area (Å²) in [6.45, 7) is 0. The highest BCUT2D eigenvalue weighted by Gasteiger charge is 2.40. The van der Waals surface area contributed by atoms with E-state index in [-0.39, 0.29) is 22.7 Å². The Morgan fingerprint density at radius 3 is 2.50 bits per heavy atom. The van der Waals surface area contributed by atoms with Gasteiger partial charge in [0.05, 0.1) is 5.56 Å². The standard InChI is InChI=1S/C18H13ClF3NO3/c19-13-4-2-1-3-11(13)12-8-9-7-10(18(20,21)22)5-6-14(9)23-16(24)15(12)17(25)26/h1-7,12,15H,8H2,(H,23,24)(H,25,26). The highest BCUT2D eigenvalue weighted by molar-refractivity contribution is 6.31. The summed E-state index contributed by atoms with van der Waals surface area (Å²) in [5.74, 6) is -4.53. The van der Waals surface area contributed by atoms with Gasteiger partial charge in [-0.05, 0) is 41.8 Å². The smallest absolute Gasteiger partial charge is 0.416 e. The van der Waals surface area contributed by atoms with Crippen molar-refractivity contribution < 1.29 is 27.9 Å². The fourth-order valence-corrected chi connectivity index (χ4v) is 3.43. The van der Waals surface area contributed by atoms with Crippen LogP contribution < -0.4 is 5.32 Å². The van der Waals surface area contributed by atoms with E-state index in [0.29, 0.717) is 5.56 Å². The number of rotatable bonds is 2. The average Bonchev–Trinajstić information content (AvgIpc) is 2.69. The first-order valence-electron chi connectivity index (χ1n) is 7.66. The van der Waals surface area contributed by atoms with Gasteiger partial charge in [0.15, 0.2) is 0 Å². The van der Waals surface area contributed by atoms with Crippen LogP contribution >= 0.6 is 11.6 Å². The molecule has 8 heteroatoms. The molecule has 2 unspecified atom stereocenters. The van der Waals surface area contributed by atoms with Crippen molar-refractivity contribution in [3.63, 3.8) is 0 Å². The number of carboxylic acids is 1. The number of hydrogen-bond acceptors (Lipinski definition) is 2. The highest BCUT2D eigenvalue weighted by Crippen LogP contribution is 2.40. The molecule has 0 bridgehead atoms. The molecule has 1 heterocycles. The van der Waals surface area contributed by atoms with Crippen LogP contribution in [0.2, 0.25) is 5.02 Å². The SMILES string of the molecule is O=C(O)C1C(=O)Nc2ccc(C(F)(F)F)cc2CC1c1ccccc1Cl. The summed E-state index contributed by atoms with van der Waals surface area (Å²) in [5.41, 5.74) is -0.0789. The van der Waals surface area contributed by atoms with E-state index in [0.717, 1.165) is 18.2 Å². The van der Waals surface area contributed by atoms with E-state index in [2.05, 4.69) is 5.32 Å². The molecule has 26 heavy (non-hydrogen) atoms. The van der Waals surface area contributed by atoms with Crippen LogP contribution in [0.25, 0.3) is 0 Å². The molecular weight excluding hydrogens is 371 g/mol. The molecule has 0 aromatic heterocycles. The predicted octanol–water partition coefficient (Wildman–Crippen LogP) is 4.34. The number of amides is 1. The molecule has 0 radical (unpaired) electrons. The minimum atomic E-state index is -4.54. The first-order valence-corrected chi connectivity index (χ1v) is 8.04. The summed E-state index contributed by atoms with van der Waals surface area (Å²) in [6.07, 6.45) is -4.61. The van der Waals surface area contributed by atoms with Gasteiger partial charge in [-0.15, -0.1) is 0 Å². The molecule has 1 aliphatic heterocycles. The fourth-order valence-electron chi connectivity index (χ4n) is 3.16. The molecule has 0 saturated carbocycles. The molecule has 0 spiro atoms. The summed E-state index contributed by atoms with van der Waals surface area (Å²) in [5, 5.41) is 12.2. The van der Waals surface area contributed by atoms with Crippen LogP contribution in [0.1, 0.15) is 22.6 Å². The lowest BCUT2D eigenvalue weighted by atomic mass is 9.81. The Morgan fingerprint density at radius 2 is 1.88 bits per heavy atom. The third-order valence-electron chi connectivity index (χ3n) is 4.39. The normalized spacial score (nSPS) is 20.1. The Bertz CT molecular complexity index is 882. The van der Waals surface area contributed by atoms with Gasteiger partial charge in [0, 0.05) is 16.6 Å². The van der Waals surface area contributed by atoms with Crippen LogP contribution in [0, 0.1) is 5.92 Å². The van der Waals surface area contributed by atoms with Crippen molar-refractivity contribution in [3.05, 3.63) is 64.2 Å². The Balaban J connectivity index is 2.14. The maximum atomic E-state index is 13.0. The molecule has 0 fully saturated rings. The number of aliphatic carboxylic acids is 1. The highest BCUT2D eigenvalue weighted by atomic mass is 35.5. The van der Waals surface area contributed by atoms with E-state index in [1.54, 1.807) is 24.3 Å². The van der Waals surface area contributed by atoms with Crippen molar-refractivity contribution in [1.82, 2.24) is 0 Å². The second-order valence-electron chi connectivity index (χ2n) is 6.01. The quantitative estimate of drug-likeness (QED) is 0.758. The van der Waals surface area contributed by atoms with Crippen molar-refractivity contribution in [3.8, 4) is 0 Å². The van der Waals surface area contributed by atoms with Gasteiger partial charge in [0.1, 0.15) is 5.92 Å². The third kappa shape index (κ3) is 3.39. The number of nitrogens with one attached hydrogen (secondary N) is 1. The van der Waals surface area contributed by atoms with Gasteiger partial charge in [-0.2, -0.15) is 13.2 Å². The van der Waals surface area contributed by atoms with E-state index < -0.39 is 35.5 Å². The number of carbonyl (C=O) groups excluding carboxylic acids is 1. The topological polar surface area (TPSA) is 66.4 Å². The van der Waals surface area contributed by atoms with Gasteiger partial charge in [-0.1, -0.05) is 29.8 Å². The van der Waals surface area contributed by atoms with E-state index in [9.17, 15) is 27.9 Å². The fraction of sp³-hybridized carbons (Fsp3) is 0.222. The molecule has 4 nitrogen and oxygen atoms in total. The molecule has 3 rings (SSSR count). The monoisotopic (exact) mass is 383 g/mol. The minimum Gasteiger partial charge on any atom is -0.481 e. The molecule has 2 N–H and O–H groups in total. The molecule has 0 saturated heterocycles. The zero-order valence-electron chi connectivity index (χ0n) is 13.2. The van der Waals surface area contributed by atoms with Gasteiger partial charge in [-0.25, -0.2) is 0 Å². The number of alkyl halides is 3. The number of carbonyl (C=O) groups is 2. The number of carboxylic acid groups (broad SMARTS) is 1. The van der Waals surface area contributed by atoms with Crippen LogP contribution in [-0.2, 0) is 22.2 Å². The summed E-state index contributed by atoms with van der Waals surface area (Å²) in [6, 6.07) is 9.34. The molecule has 2 aromatic carbocycles. The Kier molecular flexibility index (Phi) is 4.66. The zero-order valence-corrected chi connectivity index (χ0v) is 13.9. The second-order valence-corrected chi connectivity index (χ2v) is 6.41. The van der Waals surface area contributed by atoms with Gasteiger partial charge in [-0.3, -0.25) is 9.59 Å². The number of anilines is 1. The molecule has 0 aliphatic carbocycles. The predicted molar refractivity (Wildman–Crippen MR) is 89.1 cm³/mol. The maximum absolute atomic E-state index is 13.0. The first kappa shape index (κ1) is 18.3. The summed E-state index contributed by atoms with van der Waals surface area (Å²) < 4.78 is 39.1. The number of fused-ring (bicyclic) bond motifs is 1. The molecule has 1 aliphatic rings. The van der Waals surface area contributed by atoms with Crippen LogP contribution in [0.3, 0.4) is 0 Å². The lowest BCUT2D eigenvalue weighted by Crippen LogP contribution is -2.33. The Morgan fingerprint density at radius 1 is 1.19 bits per heavy atom. The van der Waals surface area contributed by atoms with Crippen LogP contribution in [-0.4, -0.2) is 17.0 Å². The average molecular weight is 384 g/mol.